The number of hydrogen-bond donors (Lipinski definition) is 1. The Morgan fingerprint density at radius 3 is 2.39 bits per heavy atom. The van der Waals surface area contributed by atoms with Gasteiger partial charge in [-0.25, -0.2) is 14.8 Å². The fourth-order valence-electron chi connectivity index (χ4n) is 3.73. The van der Waals surface area contributed by atoms with Crippen molar-refractivity contribution < 1.29 is 14.3 Å². The summed E-state index contributed by atoms with van der Waals surface area (Å²) in [5.74, 6) is 0.128. The number of benzene rings is 2. The molecule has 0 bridgehead atoms. The Balaban J connectivity index is 1.38. The topological polar surface area (TPSA) is 99.0 Å². The van der Waals surface area contributed by atoms with Crippen LogP contribution in [-0.2, 0) is 11.3 Å². The Bertz CT molecular complexity index is 1330. The van der Waals surface area contributed by atoms with Gasteiger partial charge < -0.3 is 10.1 Å². The molecule has 0 atom stereocenters. The first kappa shape index (κ1) is 20.6. The van der Waals surface area contributed by atoms with Gasteiger partial charge in [-0.15, -0.1) is 0 Å². The number of amides is 1. The van der Waals surface area contributed by atoms with Crippen LogP contribution in [0.4, 0.5) is 0 Å². The zero-order chi connectivity index (χ0) is 22.8. The molecule has 33 heavy (non-hydrogen) atoms. The minimum absolute atomic E-state index is 0.125. The van der Waals surface area contributed by atoms with Crippen LogP contribution in [0.5, 0.6) is 0 Å². The quantitative estimate of drug-likeness (QED) is 0.477. The van der Waals surface area contributed by atoms with Gasteiger partial charge in [0.25, 0.3) is 5.91 Å². The van der Waals surface area contributed by atoms with E-state index in [1.54, 1.807) is 42.1 Å². The maximum atomic E-state index is 12.0. The molecule has 0 saturated heterocycles. The van der Waals surface area contributed by atoms with Crippen molar-refractivity contribution in [3.63, 3.8) is 0 Å². The van der Waals surface area contributed by atoms with Crippen molar-refractivity contribution in [3.8, 4) is 33.9 Å². The van der Waals surface area contributed by atoms with Gasteiger partial charge in [-0.2, -0.15) is 5.10 Å². The van der Waals surface area contributed by atoms with Crippen molar-refractivity contribution in [1.29, 1.82) is 0 Å². The third kappa shape index (κ3) is 4.10. The molecule has 5 rings (SSSR count). The molecule has 8 nitrogen and oxygen atoms in total. The highest BCUT2D eigenvalue weighted by Gasteiger charge is 2.20. The molecule has 1 amide bonds. The number of rotatable bonds is 5. The summed E-state index contributed by atoms with van der Waals surface area (Å²) in [4.78, 5) is 32.9. The van der Waals surface area contributed by atoms with Gasteiger partial charge in [0, 0.05) is 18.3 Å². The maximum absolute atomic E-state index is 12.0. The van der Waals surface area contributed by atoms with Crippen LogP contribution in [0.3, 0.4) is 0 Å². The van der Waals surface area contributed by atoms with Crippen molar-refractivity contribution in [2.45, 2.75) is 13.5 Å². The van der Waals surface area contributed by atoms with Gasteiger partial charge in [0.1, 0.15) is 11.4 Å². The van der Waals surface area contributed by atoms with Crippen LogP contribution >= 0.6 is 0 Å². The second-order valence-electron chi connectivity index (χ2n) is 7.53. The van der Waals surface area contributed by atoms with Crippen molar-refractivity contribution in [3.05, 3.63) is 78.1 Å². The Morgan fingerprint density at radius 2 is 1.70 bits per heavy atom. The first-order valence-electron chi connectivity index (χ1n) is 10.7. The van der Waals surface area contributed by atoms with E-state index in [-0.39, 0.29) is 11.9 Å². The highest BCUT2D eigenvalue weighted by molar-refractivity contribution is 5.94. The summed E-state index contributed by atoms with van der Waals surface area (Å²) in [6.07, 6.45) is 1.69. The van der Waals surface area contributed by atoms with E-state index in [1.165, 1.54) is 0 Å². The SMILES string of the molecule is CCOC(=O)c1ccc(-c2ccc(-c3nccc(-c4cc5n(n4)CCNC5=O)n3)cc2)cc1. The molecule has 1 aliphatic heterocycles. The fourth-order valence-corrected chi connectivity index (χ4v) is 3.73. The predicted molar refractivity (Wildman–Crippen MR) is 122 cm³/mol. The molecule has 8 heteroatoms. The van der Waals surface area contributed by atoms with Crippen molar-refractivity contribution >= 4 is 11.9 Å². The third-order valence-corrected chi connectivity index (χ3v) is 5.41. The standard InChI is InChI=1S/C25H21N5O3/c1-2-33-25(32)19-9-5-17(6-10-19)16-3-7-18(8-4-16)23-26-12-11-20(28-23)21-15-22-24(31)27-13-14-30(22)29-21/h3-12,15H,2,13-14H2,1H3,(H,27,31). The minimum atomic E-state index is -0.323. The monoisotopic (exact) mass is 439 g/mol. The second-order valence-corrected chi connectivity index (χ2v) is 7.53. The van der Waals surface area contributed by atoms with Gasteiger partial charge in [-0.1, -0.05) is 36.4 Å². The molecule has 0 fully saturated rings. The molecule has 0 radical (unpaired) electrons. The summed E-state index contributed by atoms with van der Waals surface area (Å²) >= 11 is 0. The average Bonchev–Trinajstić information content (AvgIpc) is 3.31. The third-order valence-electron chi connectivity index (χ3n) is 5.41. The van der Waals surface area contributed by atoms with Gasteiger partial charge in [-0.3, -0.25) is 9.48 Å². The van der Waals surface area contributed by atoms with E-state index in [2.05, 4.69) is 20.4 Å². The average molecular weight is 439 g/mol. The molecule has 0 saturated carbocycles. The molecule has 1 N–H and O–H groups in total. The zero-order valence-corrected chi connectivity index (χ0v) is 18.0. The number of carbonyl (C=O) groups is 2. The van der Waals surface area contributed by atoms with Gasteiger partial charge in [-0.05, 0) is 42.3 Å². The predicted octanol–water partition coefficient (Wildman–Crippen LogP) is 3.59. The number of nitrogens with one attached hydrogen (secondary N) is 1. The first-order chi connectivity index (χ1) is 16.1. The molecule has 4 aromatic rings. The summed E-state index contributed by atoms with van der Waals surface area (Å²) in [5, 5.41) is 7.34. The van der Waals surface area contributed by atoms with E-state index in [0.717, 1.165) is 16.7 Å². The molecule has 1 aliphatic rings. The molecule has 2 aromatic heterocycles. The van der Waals surface area contributed by atoms with Gasteiger partial charge in [0.2, 0.25) is 0 Å². The normalized spacial score (nSPS) is 12.7. The summed E-state index contributed by atoms with van der Waals surface area (Å²) in [6, 6.07) is 18.8. The highest BCUT2D eigenvalue weighted by Crippen LogP contribution is 2.25. The van der Waals surface area contributed by atoms with E-state index in [0.29, 0.717) is 48.2 Å². The summed E-state index contributed by atoms with van der Waals surface area (Å²) in [7, 11) is 0. The van der Waals surface area contributed by atoms with Gasteiger partial charge in [0.05, 0.1) is 24.4 Å². The summed E-state index contributed by atoms with van der Waals surface area (Å²) in [6.45, 7) is 3.35. The zero-order valence-electron chi connectivity index (χ0n) is 18.0. The van der Waals surface area contributed by atoms with E-state index in [9.17, 15) is 9.59 Å². The number of fused-ring (bicyclic) bond motifs is 1. The number of carbonyl (C=O) groups excluding carboxylic acids is 2. The van der Waals surface area contributed by atoms with Gasteiger partial charge >= 0.3 is 5.97 Å². The molecule has 0 unspecified atom stereocenters. The Kier molecular flexibility index (Phi) is 5.40. The Hall–Kier alpha value is -4.33. The molecule has 0 aliphatic carbocycles. The van der Waals surface area contributed by atoms with Crippen LogP contribution in [0.2, 0.25) is 0 Å². The lowest BCUT2D eigenvalue weighted by Crippen LogP contribution is -2.35. The second kappa shape index (κ2) is 8.66. The fraction of sp³-hybridized carbons (Fsp3) is 0.160. The molecular weight excluding hydrogens is 418 g/mol. The van der Waals surface area contributed by atoms with Crippen LogP contribution < -0.4 is 5.32 Å². The Morgan fingerprint density at radius 1 is 1.00 bits per heavy atom. The number of ether oxygens (including phenoxy) is 1. The lowest BCUT2D eigenvalue weighted by molar-refractivity contribution is 0.0526. The summed E-state index contributed by atoms with van der Waals surface area (Å²) in [5.41, 5.74) is 5.24. The van der Waals surface area contributed by atoms with Crippen molar-refractivity contribution in [1.82, 2.24) is 25.1 Å². The van der Waals surface area contributed by atoms with Crippen molar-refractivity contribution in [2.75, 3.05) is 13.2 Å². The van der Waals surface area contributed by atoms with E-state index in [4.69, 9.17) is 4.74 Å². The number of hydrogen-bond acceptors (Lipinski definition) is 6. The van der Waals surface area contributed by atoms with E-state index < -0.39 is 0 Å². The number of esters is 1. The summed E-state index contributed by atoms with van der Waals surface area (Å²) < 4.78 is 6.74. The lowest BCUT2D eigenvalue weighted by atomic mass is 10.0. The van der Waals surface area contributed by atoms with Gasteiger partial charge in [0.15, 0.2) is 5.82 Å². The smallest absolute Gasteiger partial charge is 0.338 e. The van der Waals surface area contributed by atoms with Crippen LogP contribution in [0.25, 0.3) is 33.9 Å². The molecule has 164 valence electrons. The molecule has 0 spiro atoms. The molecule has 3 heterocycles. The van der Waals surface area contributed by atoms with Crippen LogP contribution in [-0.4, -0.2) is 44.8 Å². The Labute approximate surface area is 190 Å². The highest BCUT2D eigenvalue weighted by atomic mass is 16.5. The lowest BCUT2D eigenvalue weighted by Gasteiger charge is -2.13. The van der Waals surface area contributed by atoms with Crippen LogP contribution in [0, 0.1) is 0 Å². The van der Waals surface area contributed by atoms with Crippen LogP contribution in [0.1, 0.15) is 27.8 Å². The number of aromatic nitrogens is 4. The minimum Gasteiger partial charge on any atom is -0.462 e. The maximum Gasteiger partial charge on any atom is 0.338 e. The first-order valence-corrected chi connectivity index (χ1v) is 10.7. The van der Waals surface area contributed by atoms with Crippen molar-refractivity contribution in [2.24, 2.45) is 0 Å². The van der Waals surface area contributed by atoms with Crippen LogP contribution in [0.15, 0.2) is 66.9 Å². The van der Waals surface area contributed by atoms with E-state index >= 15 is 0 Å². The largest absolute Gasteiger partial charge is 0.462 e. The number of nitrogens with zero attached hydrogens (tertiary/aromatic N) is 4. The molecule has 2 aromatic carbocycles. The van der Waals surface area contributed by atoms with E-state index in [1.807, 2.05) is 36.4 Å². The molecular formula is C25H21N5O3.